The number of ether oxygens (including phenoxy) is 1. The van der Waals surface area contributed by atoms with Gasteiger partial charge in [0.1, 0.15) is 12.4 Å². The van der Waals surface area contributed by atoms with Gasteiger partial charge in [-0.3, -0.25) is 4.52 Å². The quantitative estimate of drug-likeness (QED) is 0.179. The molecule has 0 aliphatic carbocycles. The second-order valence-electron chi connectivity index (χ2n) is 6.66. The summed E-state index contributed by atoms with van der Waals surface area (Å²) in [5.41, 5.74) is 5.82. The molecular weight excluding hydrogens is 553 g/mol. The van der Waals surface area contributed by atoms with Gasteiger partial charge in [0.2, 0.25) is 17.5 Å². The third kappa shape index (κ3) is 5.38. The van der Waals surface area contributed by atoms with Gasteiger partial charge in [0, 0.05) is 0 Å². The summed E-state index contributed by atoms with van der Waals surface area (Å²) in [6.45, 7) is -0.175. The van der Waals surface area contributed by atoms with E-state index in [9.17, 15) is 17.6 Å². The van der Waals surface area contributed by atoms with Gasteiger partial charge in [-0.15, -0.1) is 0 Å². The van der Waals surface area contributed by atoms with Gasteiger partial charge in [-0.25, -0.2) is 36.5 Å². The molecular formula is C19H15BrFN7O6S. The van der Waals surface area contributed by atoms with E-state index in [1.807, 2.05) is 0 Å². The number of nitrogens with zero attached hydrogens (tertiary/aromatic N) is 5. The maximum Gasteiger partial charge on any atom is 0.446 e. The maximum absolute atomic E-state index is 13.6. The molecule has 0 unspecified atom stereocenters. The molecule has 182 valence electrons. The first kappa shape index (κ1) is 24.1. The number of hydrogen-bond acceptors (Lipinski definition) is 10. The molecule has 2 heterocycles. The molecule has 0 amide bonds. The Kier molecular flexibility index (Phi) is 6.92. The van der Waals surface area contributed by atoms with E-state index in [4.69, 9.17) is 19.6 Å². The van der Waals surface area contributed by atoms with Gasteiger partial charge in [-0.2, -0.15) is 0 Å². The fourth-order valence-electron chi connectivity index (χ4n) is 2.80. The fraction of sp³-hybridized carbons (Fsp3) is 0.105. The maximum atomic E-state index is 13.6. The lowest BCUT2D eigenvalue weighted by Gasteiger charge is -2.07. The van der Waals surface area contributed by atoms with Crippen LogP contribution in [-0.4, -0.2) is 47.6 Å². The molecule has 0 saturated heterocycles. The van der Waals surface area contributed by atoms with Crippen LogP contribution in [0, 0.1) is 5.82 Å². The summed E-state index contributed by atoms with van der Waals surface area (Å²) in [7, 11) is -3.88. The molecule has 2 aromatic carbocycles. The number of aromatic nitrogens is 4. The molecule has 35 heavy (non-hydrogen) atoms. The number of guanidine groups is 1. The third-order valence-corrected chi connectivity index (χ3v) is 6.32. The Morgan fingerprint density at radius 2 is 1.97 bits per heavy atom. The summed E-state index contributed by atoms with van der Waals surface area (Å²) >= 11 is 3.05. The zero-order chi connectivity index (χ0) is 25.0. The molecule has 0 spiro atoms. The summed E-state index contributed by atoms with van der Waals surface area (Å²) in [6, 6.07) is 11.5. The largest absolute Gasteiger partial charge is 0.472 e. The molecule has 16 heteroatoms. The van der Waals surface area contributed by atoms with Crippen molar-refractivity contribution in [2.24, 2.45) is 10.7 Å². The minimum absolute atomic E-state index is 0.0274. The van der Waals surface area contributed by atoms with Crippen molar-refractivity contribution < 1.29 is 26.7 Å². The van der Waals surface area contributed by atoms with Crippen molar-refractivity contribution in [2.75, 3.05) is 13.2 Å². The van der Waals surface area contributed by atoms with Gasteiger partial charge < -0.3 is 10.5 Å². The number of halogens is 2. The molecule has 2 aromatic heterocycles. The van der Waals surface area contributed by atoms with E-state index < -0.39 is 21.6 Å². The molecule has 0 fully saturated rings. The van der Waals surface area contributed by atoms with Gasteiger partial charge in [0.25, 0.3) is 15.9 Å². The van der Waals surface area contributed by atoms with Crippen LogP contribution in [-0.2, 0) is 10.0 Å². The SMILES string of the molecule is NC(=NCCOc1nonc1-c1noc(=O)n1-c1ccc(F)c(Br)c1)NS(=O)(=O)c1ccccc1. The van der Waals surface area contributed by atoms with Crippen molar-refractivity contribution in [3.63, 3.8) is 0 Å². The predicted molar refractivity (Wildman–Crippen MR) is 122 cm³/mol. The van der Waals surface area contributed by atoms with E-state index in [0.717, 1.165) is 10.6 Å². The zero-order valence-electron chi connectivity index (χ0n) is 17.5. The van der Waals surface area contributed by atoms with Gasteiger partial charge >= 0.3 is 5.76 Å². The smallest absolute Gasteiger partial charge is 0.446 e. The number of hydrogen-bond donors (Lipinski definition) is 2. The Bertz CT molecular complexity index is 1530. The van der Waals surface area contributed by atoms with Gasteiger partial charge in [-0.05, 0) is 56.6 Å². The molecule has 0 bridgehead atoms. The van der Waals surface area contributed by atoms with E-state index in [1.54, 1.807) is 18.2 Å². The standard InChI is InChI=1S/C19H15BrFN7O6S/c20-13-10-11(6-7-14(13)21)28-16(25-33-19(28)29)15-17(26-34-24-15)32-9-8-23-18(22)27-35(30,31)12-4-2-1-3-5-12/h1-7,10H,8-9H2,(H3,22,23,27). The molecule has 13 nitrogen and oxygen atoms in total. The highest BCUT2D eigenvalue weighted by atomic mass is 79.9. The van der Waals surface area contributed by atoms with Gasteiger partial charge in [-0.1, -0.05) is 23.4 Å². The Morgan fingerprint density at radius 3 is 2.71 bits per heavy atom. The Hall–Kier alpha value is -4.05. The first-order chi connectivity index (χ1) is 16.8. The van der Waals surface area contributed by atoms with E-state index >= 15 is 0 Å². The van der Waals surface area contributed by atoms with E-state index in [0.29, 0.717) is 0 Å². The van der Waals surface area contributed by atoms with Crippen molar-refractivity contribution >= 4 is 31.9 Å². The van der Waals surface area contributed by atoms with Crippen LogP contribution in [0.25, 0.3) is 17.2 Å². The van der Waals surface area contributed by atoms with E-state index in [2.05, 4.69) is 41.1 Å². The average molecular weight is 568 g/mol. The monoisotopic (exact) mass is 567 g/mol. The van der Waals surface area contributed by atoms with Crippen LogP contribution in [0.15, 0.2) is 76.8 Å². The van der Waals surface area contributed by atoms with Crippen molar-refractivity contribution in [1.29, 1.82) is 0 Å². The second-order valence-corrected chi connectivity index (χ2v) is 9.19. The summed E-state index contributed by atoms with van der Waals surface area (Å²) in [5.74, 6) is -1.99. The van der Waals surface area contributed by atoms with Crippen molar-refractivity contribution in [2.45, 2.75) is 4.90 Å². The first-order valence-electron chi connectivity index (χ1n) is 9.64. The summed E-state index contributed by atoms with van der Waals surface area (Å²) in [6.07, 6.45) is 0. The minimum Gasteiger partial charge on any atom is -0.472 e. The second kappa shape index (κ2) is 10.1. The molecule has 0 aliphatic heterocycles. The number of nitrogens with two attached hydrogens (primary N) is 1. The minimum atomic E-state index is -3.88. The van der Waals surface area contributed by atoms with Gasteiger partial charge in [0.05, 0.1) is 21.6 Å². The Balaban J connectivity index is 1.45. The molecule has 3 N–H and O–H groups in total. The lowest BCUT2D eigenvalue weighted by molar-refractivity contribution is 0.260. The summed E-state index contributed by atoms with van der Waals surface area (Å²) < 4.78 is 56.3. The van der Waals surface area contributed by atoms with E-state index in [-0.39, 0.29) is 51.6 Å². The summed E-state index contributed by atoms with van der Waals surface area (Å²) in [5, 5.41) is 11.0. The van der Waals surface area contributed by atoms with Crippen LogP contribution in [0.2, 0.25) is 0 Å². The predicted octanol–water partition coefficient (Wildman–Crippen LogP) is 1.45. The third-order valence-electron chi connectivity index (χ3n) is 4.34. The normalized spacial score (nSPS) is 12.0. The van der Waals surface area contributed by atoms with E-state index in [1.165, 1.54) is 24.3 Å². The first-order valence-corrected chi connectivity index (χ1v) is 11.9. The molecule has 4 rings (SSSR count). The Labute approximate surface area is 204 Å². The molecule has 0 radical (unpaired) electrons. The highest BCUT2D eigenvalue weighted by Crippen LogP contribution is 2.27. The van der Waals surface area contributed by atoms with Crippen molar-refractivity contribution in [1.82, 2.24) is 24.8 Å². The van der Waals surface area contributed by atoms with Crippen LogP contribution >= 0.6 is 15.9 Å². The average Bonchev–Trinajstić information content (AvgIpc) is 3.45. The summed E-state index contributed by atoms with van der Waals surface area (Å²) in [4.78, 5) is 16.1. The number of sulfonamides is 1. The molecule has 0 aliphatic rings. The highest BCUT2D eigenvalue weighted by molar-refractivity contribution is 9.10. The Morgan fingerprint density at radius 1 is 1.20 bits per heavy atom. The molecule has 0 atom stereocenters. The fourth-order valence-corrected chi connectivity index (χ4v) is 4.14. The van der Waals surface area contributed by atoms with Crippen LogP contribution < -0.4 is 20.9 Å². The number of nitrogens with one attached hydrogen (secondary N) is 1. The van der Waals surface area contributed by atoms with Crippen LogP contribution in [0.1, 0.15) is 0 Å². The molecule has 0 saturated carbocycles. The topological polar surface area (TPSA) is 181 Å². The van der Waals surface area contributed by atoms with Gasteiger partial charge in [0.15, 0.2) is 0 Å². The molecule has 4 aromatic rings. The van der Waals surface area contributed by atoms with Crippen molar-refractivity contribution in [3.05, 3.63) is 69.4 Å². The van der Waals surface area contributed by atoms with Crippen molar-refractivity contribution in [3.8, 4) is 23.1 Å². The van der Waals surface area contributed by atoms with Crippen LogP contribution in [0.4, 0.5) is 4.39 Å². The lowest BCUT2D eigenvalue weighted by Crippen LogP contribution is -2.37. The number of aliphatic imine (C=N–C) groups is 1. The number of rotatable bonds is 8. The van der Waals surface area contributed by atoms with Crippen LogP contribution in [0.5, 0.6) is 5.88 Å². The van der Waals surface area contributed by atoms with Crippen LogP contribution in [0.3, 0.4) is 0 Å². The lowest BCUT2D eigenvalue weighted by atomic mass is 10.3. The highest BCUT2D eigenvalue weighted by Gasteiger charge is 2.24. The zero-order valence-corrected chi connectivity index (χ0v) is 19.9. The number of benzene rings is 2.